The monoisotopic (exact) mass is 368 g/mol. The molecule has 1 amide bonds. The van der Waals surface area contributed by atoms with E-state index < -0.39 is 0 Å². The van der Waals surface area contributed by atoms with Crippen molar-refractivity contribution in [3.05, 3.63) is 10.9 Å². The number of nitrogens with zero attached hydrogens (tertiary/aromatic N) is 3. The Labute approximate surface area is 150 Å². The van der Waals surface area contributed by atoms with Crippen LogP contribution in [0.5, 0.6) is 0 Å². The molecule has 6 nitrogen and oxygen atoms in total. The van der Waals surface area contributed by atoms with Crippen molar-refractivity contribution < 1.29 is 9.53 Å². The van der Waals surface area contributed by atoms with Crippen molar-refractivity contribution in [2.45, 2.75) is 25.4 Å². The van der Waals surface area contributed by atoms with Gasteiger partial charge in [0.2, 0.25) is 0 Å². The number of aromatic nitrogens is 1. The Kier molecular flexibility index (Phi) is 5.70. The zero-order chi connectivity index (χ0) is 17.1. The van der Waals surface area contributed by atoms with Crippen LogP contribution in [0.3, 0.4) is 0 Å². The number of hydrogen-bond acceptors (Lipinski definition) is 7. The summed E-state index contributed by atoms with van der Waals surface area (Å²) >= 11 is 3.12. The molecule has 0 aromatic carbocycles. The zero-order valence-electron chi connectivity index (χ0n) is 14.2. The summed E-state index contributed by atoms with van der Waals surface area (Å²) in [5.74, 6) is 0.122. The standard InChI is InChI=1S/C16H24N4O2S2/c1-19(2)16-18-14-12(24-16)10-13(23-14)15(21)20-7-4-11(5-8-20)22-9-3-6-17/h10-11H,3-9,17H2,1-2H3. The minimum atomic E-state index is 0.122. The lowest BCUT2D eigenvalue weighted by Gasteiger charge is -2.31. The maximum atomic E-state index is 12.7. The van der Waals surface area contributed by atoms with Crippen molar-refractivity contribution in [2.24, 2.45) is 5.73 Å². The summed E-state index contributed by atoms with van der Waals surface area (Å²) in [4.78, 5) is 22.9. The van der Waals surface area contributed by atoms with Crippen molar-refractivity contribution in [3.8, 4) is 0 Å². The Morgan fingerprint density at radius 2 is 2.17 bits per heavy atom. The molecule has 1 saturated heterocycles. The SMILES string of the molecule is CN(C)c1nc2sc(C(=O)N3CCC(OCCCN)CC3)cc2s1. The van der Waals surface area contributed by atoms with Crippen molar-refractivity contribution in [3.63, 3.8) is 0 Å². The molecule has 0 atom stereocenters. The summed E-state index contributed by atoms with van der Waals surface area (Å²) in [5.41, 5.74) is 5.48. The summed E-state index contributed by atoms with van der Waals surface area (Å²) in [6.07, 6.45) is 2.96. The van der Waals surface area contributed by atoms with E-state index in [1.165, 1.54) is 11.3 Å². The fourth-order valence-electron chi connectivity index (χ4n) is 2.74. The van der Waals surface area contributed by atoms with E-state index in [9.17, 15) is 4.79 Å². The highest BCUT2D eigenvalue weighted by Crippen LogP contribution is 2.34. The van der Waals surface area contributed by atoms with Gasteiger partial charge in [0.05, 0.1) is 15.7 Å². The average Bonchev–Trinajstić information content (AvgIpc) is 3.14. The fourth-order valence-corrected chi connectivity index (χ4v) is 4.84. The van der Waals surface area contributed by atoms with Gasteiger partial charge in [0.15, 0.2) is 5.13 Å². The van der Waals surface area contributed by atoms with Gasteiger partial charge in [0.25, 0.3) is 5.91 Å². The van der Waals surface area contributed by atoms with Crippen LogP contribution in [0.15, 0.2) is 6.07 Å². The van der Waals surface area contributed by atoms with Crippen molar-refractivity contribution >= 4 is 43.2 Å². The molecule has 132 valence electrons. The van der Waals surface area contributed by atoms with Gasteiger partial charge in [-0.3, -0.25) is 4.79 Å². The first kappa shape index (κ1) is 17.6. The molecular weight excluding hydrogens is 344 g/mol. The number of thiophene rings is 1. The third-order valence-electron chi connectivity index (χ3n) is 4.10. The van der Waals surface area contributed by atoms with Gasteiger partial charge in [-0.1, -0.05) is 11.3 Å². The molecule has 24 heavy (non-hydrogen) atoms. The molecular formula is C16H24N4O2S2. The first-order chi connectivity index (χ1) is 11.6. The van der Waals surface area contributed by atoms with Gasteiger partial charge in [-0.15, -0.1) is 11.3 Å². The Morgan fingerprint density at radius 1 is 1.42 bits per heavy atom. The number of likely N-dealkylation sites (tertiary alicyclic amines) is 1. The van der Waals surface area contributed by atoms with Crippen LogP contribution in [0, 0.1) is 0 Å². The Hall–Kier alpha value is -1.22. The van der Waals surface area contributed by atoms with Gasteiger partial charge in [0, 0.05) is 33.8 Å². The molecule has 0 aliphatic carbocycles. The van der Waals surface area contributed by atoms with Crippen LogP contribution in [0.4, 0.5) is 5.13 Å². The lowest BCUT2D eigenvalue weighted by Crippen LogP contribution is -2.40. The summed E-state index contributed by atoms with van der Waals surface area (Å²) in [5, 5.41) is 0.977. The minimum Gasteiger partial charge on any atom is -0.378 e. The molecule has 1 fully saturated rings. The van der Waals surface area contributed by atoms with Gasteiger partial charge >= 0.3 is 0 Å². The van der Waals surface area contributed by atoms with Crippen LogP contribution >= 0.6 is 22.7 Å². The van der Waals surface area contributed by atoms with Gasteiger partial charge in [-0.05, 0) is 31.9 Å². The maximum Gasteiger partial charge on any atom is 0.264 e. The fraction of sp³-hybridized carbons (Fsp3) is 0.625. The summed E-state index contributed by atoms with van der Waals surface area (Å²) in [7, 11) is 3.96. The Bertz CT molecular complexity index is 658. The lowest BCUT2D eigenvalue weighted by molar-refractivity contribution is 0.00858. The molecule has 2 N–H and O–H groups in total. The van der Waals surface area contributed by atoms with Crippen molar-refractivity contribution in [1.29, 1.82) is 0 Å². The highest BCUT2D eigenvalue weighted by molar-refractivity contribution is 7.29. The molecule has 0 bridgehead atoms. The maximum absolute atomic E-state index is 12.7. The number of rotatable bonds is 6. The Morgan fingerprint density at radius 3 is 2.79 bits per heavy atom. The first-order valence-corrected chi connectivity index (χ1v) is 9.90. The predicted octanol–water partition coefficient (Wildman–Crippen LogP) is 2.39. The topological polar surface area (TPSA) is 71.7 Å². The number of amides is 1. The minimum absolute atomic E-state index is 0.122. The number of fused-ring (bicyclic) bond motifs is 1. The quantitative estimate of drug-likeness (QED) is 0.793. The molecule has 2 aromatic heterocycles. The molecule has 0 unspecified atom stereocenters. The van der Waals surface area contributed by atoms with E-state index in [-0.39, 0.29) is 12.0 Å². The lowest BCUT2D eigenvalue weighted by atomic mass is 10.1. The molecule has 1 aliphatic rings. The van der Waals surface area contributed by atoms with E-state index in [0.717, 1.165) is 58.5 Å². The number of carbonyl (C=O) groups excluding carboxylic acids is 1. The van der Waals surface area contributed by atoms with Gasteiger partial charge in [-0.25, -0.2) is 4.98 Å². The van der Waals surface area contributed by atoms with Crippen molar-refractivity contribution in [2.75, 3.05) is 45.2 Å². The smallest absolute Gasteiger partial charge is 0.264 e. The third-order valence-corrected chi connectivity index (χ3v) is 6.42. The third kappa shape index (κ3) is 3.88. The zero-order valence-corrected chi connectivity index (χ0v) is 15.8. The van der Waals surface area contributed by atoms with Gasteiger partial charge in [-0.2, -0.15) is 0 Å². The predicted molar refractivity (Wildman–Crippen MR) is 100 cm³/mol. The highest BCUT2D eigenvalue weighted by Gasteiger charge is 2.25. The normalized spacial score (nSPS) is 16.0. The van der Waals surface area contributed by atoms with Crippen LogP contribution in [-0.4, -0.2) is 62.2 Å². The Balaban J connectivity index is 1.58. The van der Waals surface area contributed by atoms with Crippen LogP contribution in [0.25, 0.3) is 9.53 Å². The summed E-state index contributed by atoms with van der Waals surface area (Å²) < 4.78 is 6.89. The molecule has 0 saturated carbocycles. The number of carbonyl (C=O) groups is 1. The number of nitrogens with two attached hydrogens (primary N) is 1. The number of thiazole rings is 1. The van der Waals surface area contributed by atoms with Crippen LogP contribution < -0.4 is 10.6 Å². The van der Waals surface area contributed by atoms with E-state index in [2.05, 4.69) is 4.98 Å². The second kappa shape index (κ2) is 7.77. The van der Waals surface area contributed by atoms with Gasteiger partial charge < -0.3 is 20.3 Å². The number of hydrogen-bond donors (Lipinski definition) is 1. The molecule has 3 rings (SSSR count). The highest BCUT2D eigenvalue weighted by atomic mass is 32.1. The van der Waals surface area contributed by atoms with E-state index in [4.69, 9.17) is 10.5 Å². The van der Waals surface area contributed by atoms with Crippen LogP contribution in [0.2, 0.25) is 0 Å². The number of piperidine rings is 1. The van der Waals surface area contributed by atoms with Gasteiger partial charge in [0.1, 0.15) is 4.83 Å². The van der Waals surface area contributed by atoms with E-state index in [0.29, 0.717) is 6.54 Å². The molecule has 0 spiro atoms. The molecule has 2 aromatic rings. The first-order valence-electron chi connectivity index (χ1n) is 8.27. The molecule has 0 radical (unpaired) electrons. The second-order valence-corrected chi connectivity index (χ2v) is 8.22. The van der Waals surface area contributed by atoms with E-state index in [1.807, 2.05) is 30.0 Å². The number of ether oxygens (including phenoxy) is 1. The van der Waals surface area contributed by atoms with Crippen LogP contribution in [0.1, 0.15) is 28.9 Å². The summed E-state index contributed by atoms with van der Waals surface area (Å²) in [6.45, 7) is 2.90. The molecule has 3 heterocycles. The van der Waals surface area contributed by atoms with E-state index in [1.54, 1.807) is 11.3 Å². The largest absolute Gasteiger partial charge is 0.378 e. The molecule has 1 aliphatic heterocycles. The average molecular weight is 369 g/mol. The van der Waals surface area contributed by atoms with Crippen molar-refractivity contribution in [1.82, 2.24) is 9.88 Å². The summed E-state index contributed by atoms with van der Waals surface area (Å²) in [6, 6.07) is 1.98. The molecule has 8 heteroatoms. The second-order valence-electron chi connectivity index (χ2n) is 6.18. The van der Waals surface area contributed by atoms with E-state index >= 15 is 0 Å². The number of anilines is 1. The van der Waals surface area contributed by atoms with Crippen LogP contribution in [-0.2, 0) is 4.74 Å².